The highest BCUT2D eigenvalue weighted by atomic mass is 35.5. The van der Waals surface area contributed by atoms with E-state index in [2.05, 4.69) is 4.98 Å². The molecule has 0 spiro atoms. The lowest BCUT2D eigenvalue weighted by atomic mass is 10.4. The molecule has 2 aromatic heterocycles. The van der Waals surface area contributed by atoms with E-state index in [0.717, 1.165) is 11.3 Å². The molecule has 74 valence electrons. The number of fused-ring (bicyclic) bond motifs is 1. The van der Waals surface area contributed by atoms with E-state index < -0.39 is 0 Å². The number of hydrogen-bond acceptors (Lipinski definition) is 3. The number of alkyl halides is 1. The van der Waals surface area contributed by atoms with Gasteiger partial charge in [-0.1, -0.05) is 0 Å². The van der Waals surface area contributed by atoms with Crippen LogP contribution in [-0.2, 0) is 6.54 Å². The molecule has 2 heterocycles. The topological polar surface area (TPSA) is 34.9 Å². The van der Waals surface area contributed by atoms with Gasteiger partial charge in [0.2, 0.25) is 0 Å². The van der Waals surface area contributed by atoms with E-state index in [1.165, 1.54) is 11.3 Å². The predicted molar refractivity (Wildman–Crippen MR) is 59.2 cm³/mol. The Balaban J connectivity index is 2.46. The summed E-state index contributed by atoms with van der Waals surface area (Å²) in [5.74, 6) is 0.564. The maximum absolute atomic E-state index is 11.8. The molecule has 0 amide bonds. The van der Waals surface area contributed by atoms with Crippen molar-refractivity contribution in [1.29, 1.82) is 0 Å². The Morgan fingerprint density at radius 3 is 3.21 bits per heavy atom. The molecule has 0 N–H and O–H groups in total. The summed E-state index contributed by atoms with van der Waals surface area (Å²) in [6.45, 7) is 0.640. The molecule has 0 unspecified atom stereocenters. The summed E-state index contributed by atoms with van der Waals surface area (Å²) in [6, 6.07) is 1.81. The van der Waals surface area contributed by atoms with E-state index in [0.29, 0.717) is 17.8 Å². The lowest BCUT2D eigenvalue weighted by molar-refractivity contribution is 0.651. The summed E-state index contributed by atoms with van der Waals surface area (Å²) in [4.78, 5) is 16.8. The molecule has 5 heteroatoms. The number of nitrogens with zero attached hydrogens (tertiary/aromatic N) is 2. The molecule has 0 saturated heterocycles. The van der Waals surface area contributed by atoms with Gasteiger partial charge in [-0.05, 0) is 17.9 Å². The molecule has 0 aliphatic heterocycles. The first-order valence-corrected chi connectivity index (χ1v) is 5.73. The summed E-state index contributed by atoms with van der Waals surface area (Å²) in [5.41, 5.74) is 0.0290. The highest BCUT2D eigenvalue weighted by Crippen LogP contribution is 2.13. The second-order valence-corrected chi connectivity index (χ2v) is 4.20. The molecule has 3 nitrogen and oxygen atoms in total. The Morgan fingerprint density at radius 1 is 1.57 bits per heavy atom. The maximum Gasteiger partial charge on any atom is 0.262 e. The molecule has 0 atom stereocenters. The summed E-state index contributed by atoms with van der Waals surface area (Å²) >= 11 is 7.05. The average Bonchev–Trinajstić information content (AvgIpc) is 2.66. The van der Waals surface area contributed by atoms with Crippen molar-refractivity contribution in [2.24, 2.45) is 0 Å². The van der Waals surface area contributed by atoms with E-state index in [4.69, 9.17) is 11.6 Å². The van der Waals surface area contributed by atoms with Gasteiger partial charge in [-0.15, -0.1) is 22.9 Å². The Kier molecular flexibility index (Phi) is 2.84. The van der Waals surface area contributed by atoms with E-state index in [1.54, 1.807) is 10.9 Å². The first-order valence-electron chi connectivity index (χ1n) is 4.31. The van der Waals surface area contributed by atoms with Crippen LogP contribution in [0.2, 0.25) is 0 Å². The molecular weight excluding hydrogens is 220 g/mol. The minimum atomic E-state index is 0.0290. The van der Waals surface area contributed by atoms with Gasteiger partial charge >= 0.3 is 0 Å². The van der Waals surface area contributed by atoms with Crippen LogP contribution in [0.25, 0.3) is 10.2 Å². The Hall–Kier alpha value is -0.870. The van der Waals surface area contributed by atoms with Crippen LogP contribution in [0.15, 0.2) is 22.6 Å². The summed E-state index contributed by atoms with van der Waals surface area (Å²) in [5, 5.41) is 2.58. The van der Waals surface area contributed by atoms with Crippen LogP contribution in [0.1, 0.15) is 6.42 Å². The van der Waals surface area contributed by atoms with Gasteiger partial charge in [0.15, 0.2) is 0 Å². The highest BCUT2D eigenvalue weighted by Gasteiger charge is 2.03. The fraction of sp³-hybridized carbons (Fsp3) is 0.333. The highest BCUT2D eigenvalue weighted by molar-refractivity contribution is 7.16. The van der Waals surface area contributed by atoms with Gasteiger partial charge < -0.3 is 0 Å². The minimum absolute atomic E-state index is 0.0290. The lowest BCUT2D eigenvalue weighted by Crippen LogP contribution is -2.20. The molecule has 2 aromatic rings. The molecule has 0 fully saturated rings. The minimum Gasteiger partial charge on any atom is -0.299 e. The molecule has 0 aliphatic carbocycles. The van der Waals surface area contributed by atoms with E-state index in [1.807, 2.05) is 11.4 Å². The van der Waals surface area contributed by atoms with Gasteiger partial charge in [0.25, 0.3) is 5.56 Å². The third-order valence-electron chi connectivity index (χ3n) is 1.98. The summed E-state index contributed by atoms with van der Waals surface area (Å²) in [7, 11) is 0. The van der Waals surface area contributed by atoms with Gasteiger partial charge in [0, 0.05) is 12.4 Å². The molecule has 0 saturated carbocycles. The number of aromatic nitrogens is 2. The standard InChI is InChI=1S/C9H9ClN2OS/c10-3-1-4-12-6-11-8-7(9(12)13)2-5-14-8/h2,5-6H,1,3-4H2. The summed E-state index contributed by atoms with van der Waals surface area (Å²) in [6.07, 6.45) is 2.38. The second kappa shape index (κ2) is 4.11. The molecular formula is C9H9ClN2OS. The van der Waals surface area contributed by atoms with E-state index in [-0.39, 0.29) is 5.56 Å². The maximum atomic E-state index is 11.8. The number of thiophene rings is 1. The number of rotatable bonds is 3. The molecule has 0 aromatic carbocycles. The van der Waals surface area contributed by atoms with Gasteiger partial charge in [-0.2, -0.15) is 0 Å². The van der Waals surface area contributed by atoms with Crippen LogP contribution in [0.4, 0.5) is 0 Å². The lowest BCUT2D eigenvalue weighted by Gasteiger charge is -2.02. The number of aryl methyl sites for hydroxylation is 1. The third kappa shape index (κ3) is 1.67. The third-order valence-corrected chi connectivity index (χ3v) is 3.07. The first-order chi connectivity index (χ1) is 6.83. The Bertz CT molecular complexity index is 491. The smallest absolute Gasteiger partial charge is 0.262 e. The van der Waals surface area contributed by atoms with Crippen molar-refractivity contribution < 1.29 is 0 Å². The van der Waals surface area contributed by atoms with E-state index >= 15 is 0 Å². The predicted octanol–water partition coefficient (Wildman–Crippen LogP) is 2.09. The number of halogens is 1. The average molecular weight is 229 g/mol. The zero-order chi connectivity index (χ0) is 9.97. The van der Waals surface area contributed by atoms with Crippen molar-refractivity contribution in [3.8, 4) is 0 Å². The normalized spacial score (nSPS) is 10.9. The quantitative estimate of drug-likeness (QED) is 0.754. The fourth-order valence-corrected chi connectivity index (χ4v) is 2.13. The molecule has 0 radical (unpaired) electrons. The summed E-state index contributed by atoms with van der Waals surface area (Å²) < 4.78 is 1.61. The fourth-order valence-electron chi connectivity index (χ4n) is 1.28. The second-order valence-electron chi connectivity index (χ2n) is 2.93. The van der Waals surface area contributed by atoms with Crippen molar-refractivity contribution in [2.45, 2.75) is 13.0 Å². The monoisotopic (exact) mass is 228 g/mol. The van der Waals surface area contributed by atoms with Gasteiger partial charge in [-0.3, -0.25) is 9.36 Å². The van der Waals surface area contributed by atoms with Crippen LogP contribution >= 0.6 is 22.9 Å². The Labute approximate surface area is 90.0 Å². The van der Waals surface area contributed by atoms with E-state index in [9.17, 15) is 4.79 Å². The van der Waals surface area contributed by atoms with Crippen molar-refractivity contribution >= 4 is 33.2 Å². The SMILES string of the molecule is O=c1c2ccsc2ncn1CCCCl. The molecule has 0 bridgehead atoms. The van der Waals surface area contributed by atoms with Crippen LogP contribution in [-0.4, -0.2) is 15.4 Å². The number of hydrogen-bond donors (Lipinski definition) is 0. The van der Waals surface area contributed by atoms with Gasteiger partial charge in [-0.25, -0.2) is 4.98 Å². The van der Waals surface area contributed by atoms with Crippen LogP contribution in [0.5, 0.6) is 0 Å². The van der Waals surface area contributed by atoms with Crippen LogP contribution < -0.4 is 5.56 Å². The van der Waals surface area contributed by atoms with Crippen molar-refractivity contribution in [1.82, 2.24) is 9.55 Å². The van der Waals surface area contributed by atoms with Crippen molar-refractivity contribution in [2.75, 3.05) is 5.88 Å². The van der Waals surface area contributed by atoms with Crippen LogP contribution in [0.3, 0.4) is 0 Å². The largest absolute Gasteiger partial charge is 0.299 e. The van der Waals surface area contributed by atoms with Crippen molar-refractivity contribution in [3.63, 3.8) is 0 Å². The van der Waals surface area contributed by atoms with Gasteiger partial charge in [0.1, 0.15) is 4.83 Å². The zero-order valence-corrected chi connectivity index (χ0v) is 9.01. The molecule has 2 rings (SSSR count). The first kappa shape index (κ1) is 9.68. The molecule has 0 aliphatic rings. The van der Waals surface area contributed by atoms with Crippen LogP contribution in [0, 0.1) is 0 Å². The zero-order valence-electron chi connectivity index (χ0n) is 7.44. The Morgan fingerprint density at radius 2 is 2.43 bits per heavy atom. The van der Waals surface area contributed by atoms with Gasteiger partial charge in [0.05, 0.1) is 11.7 Å². The van der Waals surface area contributed by atoms with Crippen molar-refractivity contribution in [3.05, 3.63) is 28.1 Å². The molecule has 14 heavy (non-hydrogen) atoms.